The molecule has 0 bridgehead atoms. The van der Waals surface area contributed by atoms with Crippen molar-refractivity contribution >= 4 is 33.1 Å². The van der Waals surface area contributed by atoms with E-state index in [4.69, 9.17) is 11.4 Å². The van der Waals surface area contributed by atoms with E-state index in [1.807, 2.05) is 22.4 Å². The van der Waals surface area contributed by atoms with Crippen LogP contribution in [0.25, 0.3) is 0 Å². The molecule has 0 heterocycles. The van der Waals surface area contributed by atoms with Crippen LogP contribution in [0.1, 0.15) is 0 Å². The van der Waals surface area contributed by atoms with Gasteiger partial charge in [-0.1, -0.05) is 22.4 Å². The van der Waals surface area contributed by atoms with Crippen molar-refractivity contribution in [2.75, 3.05) is 6.54 Å². The Hall–Kier alpha value is 0.185. The highest BCUT2D eigenvalue weighted by atomic mass is 127. The molecule has 0 radical (unpaired) electrons. The fraction of sp³-hybridized carbons (Fsp3) is 0.500. The molecule has 0 aromatic heterocycles. The van der Waals surface area contributed by atoms with Crippen LogP contribution in [0.4, 0.5) is 0 Å². The number of nitrogens with one attached hydrogen (secondary N) is 1. The quantitative estimate of drug-likeness (QED) is 0.394. The third-order valence-electron chi connectivity index (χ3n) is 0.484. The van der Waals surface area contributed by atoms with Gasteiger partial charge in [-0.2, -0.15) is 0 Å². The molecule has 0 spiro atoms. The van der Waals surface area contributed by atoms with E-state index in [9.17, 15) is 4.79 Å². The SMILES string of the molecule is NCC(=O)NB(N)I. The predicted molar refractivity (Wildman–Crippen MR) is 41.2 cm³/mol. The molecule has 1 amide bonds. The molecule has 0 unspecified atom stereocenters. The number of rotatable bonds is 2. The lowest BCUT2D eigenvalue weighted by atomic mass is 10.2. The van der Waals surface area contributed by atoms with Crippen LogP contribution in [-0.2, 0) is 4.79 Å². The summed E-state index contributed by atoms with van der Waals surface area (Å²) in [5, 5.41) is 2.39. The topological polar surface area (TPSA) is 81.1 Å². The fourth-order valence-electron chi connectivity index (χ4n) is 0.213. The Labute approximate surface area is 61.4 Å². The molecular weight excluding hydrogens is 220 g/mol. The smallest absolute Gasteiger partial charge is 0.375 e. The van der Waals surface area contributed by atoms with Gasteiger partial charge in [0.15, 0.2) is 0 Å². The Morgan fingerprint density at radius 2 is 2.38 bits per heavy atom. The van der Waals surface area contributed by atoms with Gasteiger partial charge in [0, 0.05) is 0 Å². The molecule has 6 heteroatoms. The second-order valence-corrected chi connectivity index (χ2v) is 2.52. The second kappa shape index (κ2) is 4.10. The highest BCUT2D eigenvalue weighted by Gasteiger charge is 2.04. The van der Waals surface area contributed by atoms with Crippen LogP contribution in [0, 0.1) is 0 Å². The zero-order valence-electron chi connectivity index (χ0n) is 4.23. The van der Waals surface area contributed by atoms with Crippen LogP contribution in [0.3, 0.4) is 0 Å². The highest BCUT2D eigenvalue weighted by molar-refractivity contribution is 14.1. The van der Waals surface area contributed by atoms with Crippen molar-refractivity contribution in [3.63, 3.8) is 0 Å². The summed E-state index contributed by atoms with van der Waals surface area (Å²) < 4.78 is 0. The normalized spacial score (nSPS) is 8.38. The minimum absolute atomic E-state index is 0.00327. The largest absolute Gasteiger partial charge is 0.411 e. The lowest BCUT2D eigenvalue weighted by molar-refractivity contribution is -0.118. The van der Waals surface area contributed by atoms with E-state index in [-0.39, 0.29) is 17.3 Å². The molecule has 0 saturated heterocycles. The summed E-state index contributed by atoms with van der Waals surface area (Å²) in [6, 6.07) is 0. The summed E-state index contributed by atoms with van der Waals surface area (Å²) in [5.41, 5.74) is 10.1. The second-order valence-electron chi connectivity index (χ2n) is 1.17. The van der Waals surface area contributed by atoms with Gasteiger partial charge in [-0.15, -0.1) is 0 Å². The molecule has 46 valence electrons. The van der Waals surface area contributed by atoms with Gasteiger partial charge >= 0.3 is 4.84 Å². The maximum Gasteiger partial charge on any atom is 0.411 e. The van der Waals surface area contributed by atoms with E-state index in [1.165, 1.54) is 0 Å². The van der Waals surface area contributed by atoms with Crippen molar-refractivity contribution in [3.8, 4) is 0 Å². The Balaban J connectivity index is 3.25. The van der Waals surface area contributed by atoms with Gasteiger partial charge in [0.25, 0.3) is 0 Å². The average Bonchev–Trinajstić information content (AvgIpc) is 1.65. The number of carbonyl (C=O) groups excluding carboxylic acids is 1. The first-order chi connectivity index (χ1) is 3.66. The first-order valence-electron chi connectivity index (χ1n) is 2.06. The molecular formula is C2H7BIN3O. The standard InChI is InChI=1S/C2H7BIN3O/c4-3(6)7-2(8)1-5/h1,5-6H2,(H,7,8). The van der Waals surface area contributed by atoms with E-state index < -0.39 is 0 Å². The first kappa shape index (κ1) is 8.18. The minimum Gasteiger partial charge on any atom is -0.375 e. The van der Waals surface area contributed by atoms with Crippen molar-refractivity contribution in [2.45, 2.75) is 0 Å². The number of halogens is 1. The van der Waals surface area contributed by atoms with Gasteiger partial charge in [-0.05, 0) is 0 Å². The van der Waals surface area contributed by atoms with Crippen LogP contribution in [0.5, 0.6) is 0 Å². The van der Waals surface area contributed by atoms with Crippen molar-refractivity contribution < 1.29 is 4.79 Å². The average molecular weight is 227 g/mol. The fourth-order valence-corrected chi connectivity index (χ4v) is 0.560. The van der Waals surface area contributed by atoms with Crippen LogP contribution < -0.4 is 16.6 Å². The zero-order chi connectivity index (χ0) is 6.57. The lowest BCUT2D eigenvalue weighted by Gasteiger charge is -1.98. The van der Waals surface area contributed by atoms with Crippen LogP contribution >= 0.6 is 22.4 Å². The molecule has 0 aliphatic carbocycles. The molecule has 0 saturated carbocycles. The summed E-state index contributed by atoms with van der Waals surface area (Å²) in [7, 11) is 0. The number of amides is 1. The monoisotopic (exact) mass is 227 g/mol. The van der Waals surface area contributed by atoms with Crippen LogP contribution in [-0.4, -0.2) is 17.3 Å². The maximum atomic E-state index is 10.3. The summed E-state index contributed by atoms with van der Waals surface area (Å²) in [6.07, 6.45) is 0. The molecule has 0 aromatic carbocycles. The van der Waals surface area contributed by atoms with Gasteiger partial charge < -0.3 is 16.6 Å². The predicted octanol–water partition coefficient (Wildman–Crippen LogP) is -1.56. The van der Waals surface area contributed by atoms with Crippen molar-refractivity contribution in [1.82, 2.24) is 5.23 Å². The number of hydrogen-bond donors (Lipinski definition) is 3. The van der Waals surface area contributed by atoms with E-state index in [2.05, 4.69) is 5.23 Å². The van der Waals surface area contributed by atoms with Gasteiger partial charge in [-0.3, -0.25) is 4.79 Å². The zero-order valence-corrected chi connectivity index (χ0v) is 6.38. The van der Waals surface area contributed by atoms with E-state index in [0.717, 1.165) is 0 Å². The summed E-state index contributed by atoms with van der Waals surface area (Å²) in [5.74, 6) is -0.230. The third kappa shape index (κ3) is 4.35. The maximum absolute atomic E-state index is 10.3. The van der Waals surface area contributed by atoms with Crippen molar-refractivity contribution in [1.29, 1.82) is 0 Å². The highest BCUT2D eigenvalue weighted by Crippen LogP contribution is 1.76. The summed E-state index contributed by atoms with van der Waals surface area (Å²) in [4.78, 5) is 9.97. The van der Waals surface area contributed by atoms with Crippen LogP contribution in [0.15, 0.2) is 0 Å². The minimum atomic E-state index is -0.330. The molecule has 0 aliphatic rings. The molecule has 0 atom stereocenters. The first-order valence-corrected chi connectivity index (χ1v) is 3.30. The number of carbonyl (C=O) groups is 1. The Kier molecular flexibility index (Phi) is 4.20. The Morgan fingerprint density at radius 3 is 2.50 bits per heavy atom. The van der Waals surface area contributed by atoms with Crippen molar-refractivity contribution in [2.24, 2.45) is 11.4 Å². The van der Waals surface area contributed by atoms with E-state index in [1.54, 1.807) is 0 Å². The van der Waals surface area contributed by atoms with Crippen molar-refractivity contribution in [3.05, 3.63) is 0 Å². The molecule has 0 fully saturated rings. The molecule has 4 nitrogen and oxygen atoms in total. The van der Waals surface area contributed by atoms with Crippen LogP contribution in [0.2, 0.25) is 0 Å². The van der Waals surface area contributed by atoms with Gasteiger partial charge in [-0.25, -0.2) is 0 Å². The molecule has 0 aliphatic heterocycles. The number of nitrogens with two attached hydrogens (primary N) is 2. The van der Waals surface area contributed by atoms with E-state index in [0.29, 0.717) is 0 Å². The Bertz CT molecular complexity index is 87.4. The molecule has 0 rings (SSSR count). The third-order valence-corrected chi connectivity index (χ3v) is 0.796. The molecule has 8 heavy (non-hydrogen) atoms. The van der Waals surface area contributed by atoms with E-state index >= 15 is 0 Å². The van der Waals surface area contributed by atoms with Gasteiger partial charge in [0.2, 0.25) is 5.91 Å². The summed E-state index contributed by atoms with van der Waals surface area (Å²) >= 11 is 1.87. The van der Waals surface area contributed by atoms with Gasteiger partial charge in [0.05, 0.1) is 6.54 Å². The molecule has 5 N–H and O–H groups in total. The Morgan fingerprint density at radius 1 is 1.88 bits per heavy atom. The lowest BCUT2D eigenvalue weighted by Crippen LogP contribution is -2.44. The summed E-state index contributed by atoms with van der Waals surface area (Å²) in [6.45, 7) is -0.00327. The molecule has 0 aromatic rings. The number of hydrogen-bond acceptors (Lipinski definition) is 3. The van der Waals surface area contributed by atoms with Gasteiger partial charge in [0.1, 0.15) is 0 Å².